The number of carbonyl (C=O) groups is 1. The summed E-state index contributed by atoms with van der Waals surface area (Å²) in [7, 11) is -1.25. The van der Waals surface area contributed by atoms with Crippen molar-refractivity contribution >= 4 is 64.0 Å². The van der Waals surface area contributed by atoms with Crippen molar-refractivity contribution in [2.45, 2.75) is 52.1 Å². The first kappa shape index (κ1) is 30.8. The number of ether oxygens (including phenoxy) is 3. The molecule has 0 aliphatic carbocycles. The number of nitrogens with zero attached hydrogens (tertiary/aromatic N) is 8. The summed E-state index contributed by atoms with van der Waals surface area (Å²) >= 11 is 1.51. The average molecular weight is 626 g/mol. The van der Waals surface area contributed by atoms with Crippen LogP contribution in [0.25, 0.3) is 11.0 Å². The van der Waals surface area contributed by atoms with Gasteiger partial charge in [0.2, 0.25) is 10.3 Å². The van der Waals surface area contributed by atoms with Gasteiger partial charge in [0.25, 0.3) is 0 Å². The molecule has 13 nitrogen and oxygen atoms in total. The van der Waals surface area contributed by atoms with Crippen LogP contribution >= 0.6 is 11.3 Å². The fourth-order valence-corrected chi connectivity index (χ4v) is 5.78. The first-order valence-electron chi connectivity index (χ1n) is 14.3. The lowest BCUT2D eigenvalue weighted by atomic mass is 10.2. The number of pyridine rings is 2. The SMILES string of the molecule is CC(C)(C)OC(=O)n1cc(Nc2cnc3ccc(N(COCC[Si](C)(C)C)c4nnc(N5CCOCC5)s4)nc3c2)cn1. The molecule has 4 aromatic heterocycles. The molecule has 230 valence electrons. The zero-order valence-corrected chi connectivity index (χ0v) is 27.3. The summed E-state index contributed by atoms with van der Waals surface area (Å²) in [5.74, 6) is 0.682. The second kappa shape index (κ2) is 12.9. The lowest BCUT2D eigenvalue weighted by molar-refractivity contribution is 0.0514. The minimum absolute atomic E-state index is 0.302. The molecule has 1 N–H and O–H groups in total. The molecule has 0 radical (unpaired) electrons. The number of aromatic nitrogens is 6. The van der Waals surface area contributed by atoms with E-state index in [4.69, 9.17) is 19.2 Å². The van der Waals surface area contributed by atoms with Crippen LogP contribution in [0.2, 0.25) is 25.7 Å². The molecule has 1 fully saturated rings. The minimum Gasteiger partial charge on any atom is -0.442 e. The molecule has 1 aliphatic rings. The standard InChI is InChI=1S/C28H39N9O4SSi/c1-28(2,3)41-27(38)37-18-21(17-30-37)31-20-15-23-22(29-16-20)7-8-24(32-23)36(19-40-13-14-43(4,5)6)26-34-33-25(42-26)35-9-11-39-12-10-35/h7-8,15-18,31H,9-14,19H2,1-6H3. The first-order valence-corrected chi connectivity index (χ1v) is 18.8. The highest BCUT2D eigenvalue weighted by Crippen LogP contribution is 2.33. The van der Waals surface area contributed by atoms with Crippen molar-refractivity contribution in [1.29, 1.82) is 0 Å². The molecule has 0 bridgehead atoms. The van der Waals surface area contributed by atoms with Gasteiger partial charge in [-0.15, -0.1) is 10.2 Å². The Morgan fingerprint density at radius 3 is 2.65 bits per heavy atom. The third-order valence-electron chi connectivity index (χ3n) is 6.38. The summed E-state index contributed by atoms with van der Waals surface area (Å²) in [4.78, 5) is 26.0. The summed E-state index contributed by atoms with van der Waals surface area (Å²) in [6.07, 6.45) is 4.29. The molecule has 0 atom stereocenters. The predicted molar refractivity (Wildman–Crippen MR) is 171 cm³/mol. The van der Waals surface area contributed by atoms with Crippen LogP contribution in [0.4, 0.5) is 32.3 Å². The van der Waals surface area contributed by atoms with E-state index >= 15 is 0 Å². The fraction of sp³-hybridized carbons (Fsp3) is 0.500. The van der Waals surface area contributed by atoms with Crippen molar-refractivity contribution in [2.24, 2.45) is 0 Å². The van der Waals surface area contributed by atoms with E-state index in [1.807, 2.05) is 43.9 Å². The molecule has 0 saturated carbocycles. The minimum atomic E-state index is -1.25. The Labute approximate surface area is 256 Å². The number of morpholine rings is 1. The van der Waals surface area contributed by atoms with Crippen LogP contribution in [0.1, 0.15) is 20.8 Å². The van der Waals surface area contributed by atoms with Crippen molar-refractivity contribution in [3.63, 3.8) is 0 Å². The average Bonchev–Trinajstić information content (AvgIpc) is 3.62. The van der Waals surface area contributed by atoms with E-state index in [0.717, 1.165) is 34.5 Å². The molecule has 4 aromatic rings. The van der Waals surface area contributed by atoms with Crippen LogP contribution in [0, 0.1) is 0 Å². The van der Waals surface area contributed by atoms with Gasteiger partial charge in [0.1, 0.15) is 18.1 Å². The Morgan fingerprint density at radius 1 is 1.12 bits per heavy atom. The van der Waals surface area contributed by atoms with Gasteiger partial charge in [0.05, 0.1) is 54.2 Å². The second-order valence-corrected chi connectivity index (χ2v) is 19.0. The monoisotopic (exact) mass is 625 g/mol. The van der Waals surface area contributed by atoms with Crippen molar-refractivity contribution in [3.8, 4) is 0 Å². The molecule has 0 amide bonds. The van der Waals surface area contributed by atoms with E-state index in [1.54, 1.807) is 18.6 Å². The second-order valence-electron chi connectivity index (χ2n) is 12.5. The maximum atomic E-state index is 12.4. The van der Waals surface area contributed by atoms with Gasteiger partial charge in [-0.25, -0.2) is 9.78 Å². The van der Waals surface area contributed by atoms with E-state index in [-0.39, 0.29) is 0 Å². The molecule has 0 aromatic carbocycles. The third kappa shape index (κ3) is 8.46. The molecular formula is C28H39N9O4SSi. The molecule has 5 heterocycles. The lowest BCUT2D eigenvalue weighted by Gasteiger charge is -2.25. The summed E-state index contributed by atoms with van der Waals surface area (Å²) in [5.41, 5.74) is 2.12. The molecule has 5 rings (SSSR count). The lowest BCUT2D eigenvalue weighted by Crippen LogP contribution is -2.36. The fourth-order valence-electron chi connectivity index (χ4n) is 4.13. The molecule has 43 heavy (non-hydrogen) atoms. The predicted octanol–water partition coefficient (Wildman–Crippen LogP) is 5.49. The van der Waals surface area contributed by atoms with Gasteiger partial charge >= 0.3 is 6.09 Å². The van der Waals surface area contributed by atoms with E-state index in [0.29, 0.717) is 54.4 Å². The van der Waals surface area contributed by atoms with Crippen LogP contribution in [-0.4, -0.2) is 89.4 Å². The van der Waals surface area contributed by atoms with E-state index < -0.39 is 19.8 Å². The number of hydrogen-bond donors (Lipinski definition) is 1. The van der Waals surface area contributed by atoms with E-state index in [2.05, 4.69) is 50.1 Å². The molecule has 0 spiro atoms. The van der Waals surface area contributed by atoms with Crippen LogP contribution in [-0.2, 0) is 14.2 Å². The first-order chi connectivity index (χ1) is 20.4. The number of nitrogens with one attached hydrogen (secondary N) is 1. The highest BCUT2D eigenvalue weighted by atomic mass is 32.1. The van der Waals surface area contributed by atoms with Crippen molar-refractivity contribution in [3.05, 3.63) is 36.8 Å². The number of rotatable bonds is 10. The Bertz CT molecular complexity index is 1540. The van der Waals surface area contributed by atoms with Gasteiger partial charge in [0.15, 0.2) is 0 Å². The number of anilines is 5. The largest absolute Gasteiger partial charge is 0.442 e. The van der Waals surface area contributed by atoms with Crippen molar-refractivity contribution < 1.29 is 19.0 Å². The van der Waals surface area contributed by atoms with Gasteiger partial charge in [-0.1, -0.05) is 31.0 Å². The molecule has 1 saturated heterocycles. The molecule has 15 heteroatoms. The topological polar surface area (TPSA) is 133 Å². The maximum Gasteiger partial charge on any atom is 0.435 e. The van der Waals surface area contributed by atoms with Crippen molar-refractivity contribution in [1.82, 2.24) is 29.9 Å². The molecule has 0 unspecified atom stereocenters. The number of carbonyl (C=O) groups excluding carboxylic acids is 1. The van der Waals surface area contributed by atoms with Gasteiger partial charge < -0.3 is 24.4 Å². The maximum absolute atomic E-state index is 12.4. The van der Waals surface area contributed by atoms with Gasteiger partial charge in [-0.3, -0.25) is 9.88 Å². The van der Waals surface area contributed by atoms with Crippen LogP contribution in [0.5, 0.6) is 0 Å². The number of hydrogen-bond acceptors (Lipinski definition) is 13. The Balaban J connectivity index is 1.37. The van der Waals surface area contributed by atoms with Gasteiger partial charge in [0, 0.05) is 27.8 Å². The highest BCUT2D eigenvalue weighted by Gasteiger charge is 2.22. The summed E-state index contributed by atoms with van der Waals surface area (Å²) in [6.45, 7) is 16.3. The smallest absolute Gasteiger partial charge is 0.435 e. The van der Waals surface area contributed by atoms with E-state index in [9.17, 15) is 4.79 Å². The van der Waals surface area contributed by atoms with Crippen molar-refractivity contribution in [2.75, 3.05) is 54.8 Å². The third-order valence-corrected chi connectivity index (χ3v) is 9.10. The van der Waals surface area contributed by atoms with Crippen LogP contribution in [0.3, 0.4) is 0 Å². The van der Waals surface area contributed by atoms with Crippen LogP contribution < -0.4 is 15.1 Å². The normalized spacial score (nSPS) is 14.2. The zero-order chi connectivity index (χ0) is 30.6. The zero-order valence-electron chi connectivity index (χ0n) is 25.5. The summed E-state index contributed by atoms with van der Waals surface area (Å²) in [5, 5.41) is 17.9. The molecule has 1 aliphatic heterocycles. The Hall–Kier alpha value is -3.66. The quantitative estimate of drug-likeness (QED) is 0.136. The van der Waals surface area contributed by atoms with Gasteiger partial charge in [-0.05, 0) is 45.0 Å². The van der Waals surface area contributed by atoms with E-state index in [1.165, 1.54) is 11.3 Å². The Kier molecular flexibility index (Phi) is 9.24. The number of fused-ring (bicyclic) bond motifs is 1. The summed E-state index contributed by atoms with van der Waals surface area (Å²) < 4.78 is 18.2. The Morgan fingerprint density at radius 2 is 1.91 bits per heavy atom. The summed E-state index contributed by atoms with van der Waals surface area (Å²) in [6, 6.07) is 6.82. The highest BCUT2D eigenvalue weighted by molar-refractivity contribution is 7.19. The van der Waals surface area contributed by atoms with Gasteiger partial charge in [-0.2, -0.15) is 9.78 Å². The molecular weight excluding hydrogens is 587 g/mol. The van der Waals surface area contributed by atoms with Crippen LogP contribution in [0.15, 0.2) is 36.8 Å².